The number of carbonyl (C=O) groups excluding carboxylic acids is 1. The highest BCUT2D eigenvalue weighted by atomic mass is 16.1. The lowest BCUT2D eigenvalue weighted by atomic mass is 10.0. The molecule has 2 N–H and O–H groups in total. The van der Waals surface area contributed by atoms with Gasteiger partial charge in [-0.25, -0.2) is 0 Å². The second-order valence-corrected chi connectivity index (χ2v) is 4.62. The van der Waals surface area contributed by atoms with Gasteiger partial charge in [0.25, 0.3) is 0 Å². The van der Waals surface area contributed by atoms with Crippen molar-refractivity contribution in [3.63, 3.8) is 0 Å². The number of nitrogens with one attached hydrogen (secondary N) is 2. The Morgan fingerprint density at radius 2 is 1.60 bits per heavy atom. The number of likely N-dealkylation sites (N-methyl/N-ethyl adjacent to an activating group) is 1. The van der Waals surface area contributed by atoms with Crippen LogP contribution in [-0.2, 0) is 11.3 Å². The minimum Gasteiger partial charge on any atom is -0.355 e. The third-order valence-electron chi connectivity index (χ3n) is 3.05. The predicted molar refractivity (Wildman–Crippen MR) is 82.3 cm³/mol. The van der Waals surface area contributed by atoms with Crippen LogP contribution in [0.2, 0.25) is 0 Å². The number of carbonyl (C=O) groups is 1. The molecule has 3 nitrogen and oxygen atoms in total. The molecule has 0 aromatic heterocycles. The lowest BCUT2D eigenvalue weighted by Gasteiger charge is -2.06. The molecule has 0 aliphatic heterocycles. The summed E-state index contributed by atoms with van der Waals surface area (Å²) in [6.07, 6.45) is 0. The zero-order valence-corrected chi connectivity index (χ0v) is 11.7. The highest BCUT2D eigenvalue weighted by Gasteiger charge is 2.00. The lowest BCUT2D eigenvalue weighted by molar-refractivity contribution is -0.120. The molecule has 0 aliphatic carbocycles. The van der Waals surface area contributed by atoms with Crippen molar-refractivity contribution in [2.24, 2.45) is 0 Å². The van der Waals surface area contributed by atoms with Crippen LogP contribution in [0.15, 0.2) is 54.6 Å². The van der Waals surface area contributed by atoms with Crippen molar-refractivity contribution >= 4 is 5.91 Å². The second kappa shape index (κ2) is 7.46. The van der Waals surface area contributed by atoms with Crippen molar-refractivity contribution < 1.29 is 4.79 Å². The molecule has 20 heavy (non-hydrogen) atoms. The molecule has 0 bridgehead atoms. The fraction of sp³-hybridized carbons (Fsp3) is 0.235. The van der Waals surface area contributed by atoms with E-state index < -0.39 is 0 Å². The molecular formula is C17H20N2O. The fourth-order valence-electron chi connectivity index (χ4n) is 2.03. The first-order valence-electron chi connectivity index (χ1n) is 6.91. The first kappa shape index (κ1) is 14.3. The molecule has 104 valence electrons. The number of amides is 1. The number of rotatable bonds is 6. The molecule has 0 fully saturated rings. The topological polar surface area (TPSA) is 41.1 Å². The molecule has 0 saturated carbocycles. The minimum absolute atomic E-state index is 0.0356. The van der Waals surface area contributed by atoms with E-state index in [1.807, 2.05) is 25.1 Å². The van der Waals surface area contributed by atoms with E-state index in [0.717, 1.165) is 0 Å². The quantitative estimate of drug-likeness (QED) is 0.845. The summed E-state index contributed by atoms with van der Waals surface area (Å²) >= 11 is 0. The van der Waals surface area contributed by atoms with E-state index in [-0.39, 0.29) is 5.91 Å². The van der Waals surface area contributed by atoms with Gasteiger partial charge in [-0.15, -0.1) is 0 Å². The monoisotopic (exact) mass is 268 g/mol. The van der Waals surface area contributed by atoms with Crippen LogP contribution in [0, 0.1) is 0 Å². The van der Waals surface area contributed by atoms with E-state index in [1.54, 1.807) is 0 Å². The van der Waals surface area contributed by atoms with Gasteiger partial charge in [0.2, 0.25) is 5.91 Å². The molecule has 3 heteroatoms. The first-order chi connectivity index (χ1) is 9.79. The van der Waals surface area contributed by atoms with Gasteiger partial charge in [-0.3, -0.25) is 4.79 Å². The van der Waals surface area contributed by atoms with Gasteiger partial charge >= 0.3 is 0 Å². The average molecular weight is 268 g/mol. The summed E-state index contributed by atoms with van der Waals surface area (Å²) in [5.41, 5.74) is 3.60. The molecule has 0 radical (unpaired) electrons. The zero-order chi connectivity index (χ0) is 14.2. The summed E-state index contributed by atoms with van der Waals surface area (Å²) < 4.78 is 0. The zero-order valence-electron chi connectivity index (χ0n) is 11.7. The van der Waals surface area contributed by atoms with Crippen LogP contribution in [0.1, 0.15) is 12.5 Å². The highest BCUT2D eigenvalue weighted by Crippen LogP contribution is 2.18. The molecule has 1 amide bonds. The maximum atomic E-state index is 11.3. The van der Waals surface area contributed by atoms with E-state index in [1.165, 1.54) is 16.7 Å². The Morgan fingerprint density at radius 1 is 0.950 bits per heavy atom. The Balaban J connectivity index is 1.88. The largest absolute Gasteiger partial charge is 0.355 e. The summed E-state index contributed by atoms with van der Waals surface area (Å²) in [7, 11) is 0. The molecule has 0 unspecified atom stereocenters. The van der Waals surface area contributed by atoms with Crippen molar-refractivity contribution in [3.8, 4) is 11.1 Å². The minimum atomic E-state index is 0.0356. The van der Waals surface area contributed by atoms with Crippen LogP contribution < -0.4 is 10.6 Å². The Labute approximate surface area is 120 Å². The summed E-state index contributed by atoms with van der Waals surface area (Å²) in [6, 6.07) is 18.7. The smallest absolute Gasteiger partial charge is 0.233 e. The first-order valence-corrected chi connectivity index (χ1v) is 6.91. The molecule has 0 heterocycles. The molecule has 0 saturated heterocycles. The molecule has 2 aromatic carbocycles. The van der Waals surface area contributed by atoms with Crippen LogP contribution in [0.25, 0.3) is 11.1 Å². The van der Waals surface area contributed by atoms with Crippen molar-refractivity contribution in [3.05, 3.63) is 60.2 Å². The van der Waals surface area contributed by atoms with E-state index in [2.05, 4.69) is 47.0 Å². The van der Waals surface area contributed by atoms with Gasteiger partial charge in [-0.05, 0) is 23.6 Å². The summed E-state index contributed by atoms with van der Waals surface area (Å²) in [6.45, 7) is 3.65. The van der Waals surface area contributed by atoms with E-state index in [0.29, 0.717) is 19.6 Å². The third-order valence-corrected chi connectivity index (χ3v) is 3.05. The van der Waals surface area contributed by atoms with Crippen LogP contribution in [0.3, 0.4) is 0 Å². The lowest BCUT2D eigenvalue weighted by Crippen LogP contribution is -2.33. The molecule has 0 atom stereocenters. The van der Waals surface area contributed by atoms with Crippen molar-refractivity contribution in [1.29, 1.82) is 0 Å². The van der Waals surface area contributed by atoms with Gasteiger partial charge in [0, 0.05) is 13.1 Å². The number of benzene rings is 2. The number of hydrogen-bond donors (Lipinski definition) is 2. The normalized spacial score (nSPS) is 10.2. The van der Waals surface area contributed by atoms with Gasteiger partial charge in [-0.1, -0.05) is 54.6 Å². The van der Waals surface area contributed by atoms with Gasteiger partial charge in [0.15, 0.2) is 0 Å². The van der Waals surface area contributed by atoms with Gasteiger partial charge in [0.05, 0.1) is 6.54 Å². The second-order valence-electron chi connectivity index (χ2n) is 4.62. The Bertz CT molecular complexity index is 535. The van der Waals surface area contributed by atoms with Crippen molar-refractivity contribution in [1.82, 2.24) is 10.6 Å². The van der Waals surface area contributed by atoms with Crippen LogP contribution in [0.4, 0.5) is 0 Å². The van der Waals surface area contributed by atoms with Crippen LogP contribution in [-0.4, -0.2) is 19.0 Å². The van der Waals surface area contributed by atoms with E-state index in [4.69, 9.17) is 0 Å². The summed E-state index contributed by atoms with van der Waals surface area (Å²) in [4.78, 5) is 11.3. The average Bonchev–Trinajstić information content (AvgIpc) is 2.49. The Kier molecular flexibility index (Phi) is 5.33. The van der Waals surface area contributed by atoms with E-state index in [9.17, 15) is 4.79 Å². The van der Waals surface area contributed by atoms with Crippen molar-refractivity contribution in [2.45, 2.75) is 13.5 Å². The maximum Gasteiger partial charge on any atom is 0.233 e. The molecule has 2 aromatic rings. The highest BCUT2D eigenvalue weighted by molar-refractivity contribution is 5.77. The molecule has 2 rings (SSSR count). The standard InChI is InChI=1S/C17H20N2O/c1-2-19-17(20)13-18-12-14-8-10-16(11-9-14)15-6-4-3-5-7-15/h3-11,18H,2,12-13H2,1H3,(H,19,20). The Morgan fingerprint density at radius 3 is 2.25 bits per heavy atom. The van der Waals surface area contributed by atoms with Gasteiger partial charge in [0.1, 0.15) is 0 Å². The Hall–Kier alpha value is -2.13. The van der Waals surface area contributed by atoms with Crippen LogP contribution in [0.5, 0.6) is 0 Å². The molecule has 0 spiro atoms. The number of hydrogen-bond acceptors (Lipinski definition) is 2. The predicted octanol–water partition coefficient (Wildman–Crippen LogP) is 2.58. The molecule has 0 aliphatic rings. The SMILES string of the molecule is CCNC(=O)CNCc1ccc(-c2ccccc2)cc1. The van der Waals surface area contributed by atoms with Gasteiger partial charge < -0.3 is 10.6 Å². The van der Waals surface area contributed by atoms with Crippen molar-refractivity contribution in [2.75, 3.05) is 13.1 Å². The summed E-state index contributed by atoms with van der Waals surface area (Å²) in [5, 5.41) is 5.89. The maximum absolute atomic E-state index is 11.3. The van der Waals surface area contributed by atoms with E-state index >= 15 is 0 Å². The molecular weight excluding hydrogens is 248 g/mol. The van der Waals surface area contributed by atoms with Gasteiger partial charge in [-0.2, -0.15) is 0 Å². The fourth-order valence-corrected chi connectivity index (χ4v) is 2.03. The third kappa shape index (κ3) is 4.21. The summed E-state index contributed by atoms with van der Waals surface area (Å²) in [5.74, 6) is 0.0356. The van der Waals surface area contributed by atoms with Crippen LogP contribution >= 0.6 is 0 Å².